The summed E-state index contributed by atoms with van der Waals surface area (Å²) in [6.45, 7) is 5.97. The third kappa shape index (κ3) is 6.89. The minimum Gasteiger partial charge on any atom is -0.435 e. The molecule has 4 rings (SSSR count). The molecule has 1 aromatic heterocycles. The predicted molar refractivity (Wildman–Crippen MR) is 143 cm³/mol. The quantitative estimate of drug-likeness (QED) is 0.310. The number of ether oxygens (including phenoxy) is 1. The van der Waals surface area contributed by atoms with E-state index in [-0.39, 0.29) is 28.9 Å². The molecule has 37 heavy (non-hydrogen) atoms. The number of benzene rings is 2. The van der Waals surface area contributed by atoms with Crippen molar-refractivity contribution in [3.05, 3.63) is 54.1 Å². The van der Waals surface area contributed by atoms with Gasteiger partial charge in [0.1, 0.15) is 5.75 Å². The number of aromatic nitrogens is 3. The van der Waals surface area contributed by atoms with Gasteiger partial charge in [-0.25, -0.2) is 0 Å². The first-order valence-electron chi connectivity index (χ1n) is 12.6. The molecule has 0 saturated heterocycles. The lowest BCUT2D eigenvalue weighted by atomic mass is 9.85. The number of nitrogens with zero attached hydrogens (tertiary/aromatic N) is 3. The zero-order chi connectivity index (χ0) is 26.6. The van der Waals surface area contributed by atoms with Gasteiger partial charge in [0.05, 0.1) is 5.75 Å². The minimum absolute atomic E-state index is 0.0418. The molecule has 0 bridgehead atoms. The summed E-state index contributed by atoms with van der Waals surface area (Å²) < 4.78 is 31.3. The van der Waals surface area contributed by atoms with Gasteiger partial charge < -0.3 is 10.1 Å². The minimum atomic E-state index is -2.89. The SMILES string of the molecule is C[C@@H]1CCCC[C@@H]1n1c(SCC(=O)Nc2ccc(OC(F)F)cc2)nnc1-c1ccc(C(C)(C)C)cc1. The molecule has 1 amide bonds. The number of rotatable bonds is 8. The lowest BCUT2D eigenvalue weighted by Gasteiger charge is -2.31. The standard InChI is InChI=1S/C28H34F2N4O2S/c1-18-7-5-6-8-23(18)34-25(19-9-11-20(12-10-19)28(2,3)4)32-33-27(34)37-17-24(35)31-21-13-15-22(16-14-21)36-26(29)30/h9-16,18,23,26H,5-8,17H2,1-4H3,(H,31,35)/t18-,23+/m1/s1. The number of carbonyl (C=O) groups is 1. The Morgan fingerprint density at radius 3 is 2.38 bits per heavy atom. The summed E-state index contributed by atoms with van der Waals surface area (Å²) in [6, 6.07) is 14.6. The fraction of sp³-hybridized carbons (Fsp3) is 0.464. The molecule has 2 aromatic carbocycles. The van der Waals surface area contributed by atoms with E-state index < -0.39 is 6.61 Å². The van der Waals surface area contributed by atoms with Gasteiger partial charge in [-0.1, -0.05) is 76.6 Å². The van der Waals surface area contributed by atoms with E-state index in [4.69, 9.17) is 0 Å². The third-order valence-corrected chi connectivity index (χ3v) is 7.71. The zero-order valence-electron chi connectivity index (χ0n) is 21.7. The molecule has 0 aliphatic heterocycles. The van der Waals surface area contributed by atoms with E-state index in [1.807, 2.05) is 0 Å². The van der Waals surface area contributed by atoms with E-state index in [9.17, 15) is 13.6 Å². The lowest BCUT2D eigenvalue weighted by molar-refractivity contribution is -0.113. The van der Waals surface area contributed by atoms with Crippen molar-refractivity contribution < 1.29 is 18.3 Å². The van der Waals surface area contributed by atoms with Gasteiger partial charge in [-0.2, -0.15) is 8.78 Å². The van der Waals surface area contributed by atoms with Crippen molar-refractivity contribution in [3.8, 4) is 17.1 Å². The van der Waals surface area contributed by atoms with Gasteiger partial charge in [-0.3, -0.25) is 9.36 Å². The highest BCUT2D eigenvalue weighted by Crippen LogP contribution is 2.39. The zero-order valence-corrected chi connectivity index (χ0v) is 22.5. The van der Waals surface area contributed by atoms with Crippen molar-refractivity contribution in [1.29, 1.82) is 0 Å². The molecule has 6 nitrogen and oxygen atoms in total. The summed E-state index contributed by atoms with van der Waals surface area (Å²) in [6.07, 6.45) is 4.59. The Labute approximate surface area is 221 Å². The van der Waals surface area contributed by atoms with Crippen LogP contribution in [-0.2, 0) is 10.2 Å². The molecular formula is C28H34F2N4O2S. The Morgan fingerprint density at radius 2 is 1.76 bits per heavy atom. The van der Waals surface area contributed by atoms with E-state index in [1.165, 1.54) is 48.0 Å². The fourth-order valence-corrected chi connectivity index (χ4v) is 5.51. The second-order valence-corrected chi connectivity index (χ2v) is 11.5. The maximum Gasteiger partial charge on any atom is 0.387 e. The van der Waals surface area contributed by atoms with E-state index in [0.717, 1.165) is 35.8 Å². The second kappa shape index (κ2) is 11.6. The average Bonchev–Trinajstić information content (AvgIpc) is 3.27. The Hall–Kier alpha value is -2.94. The van der Waals surface area contributed by atoms with E-state index in [1.54, 1.807) is 0 Å². The molecule has 1 saturated carbocycles. The number of amides is 1. The molecule has 1 heterocycles. The van der Waals surface area contributed by atoms with Gasteiger partial charge in [-0.15, -0.1) is 10.2 Å². The molecular weight excluding hydrogens is 494 g/mol. The Kier molecular flexibility index (Phi) is 8.52. The summed E-state index contributed by atoms with van der Waals surface area (Å²) in [7, 11) is 0. The average molecular weight is 529 g/mol. The van der Waals surface area contributed by atoms with Crippen LogP contribution >= 0.6 is 11.8 Å². The van der Waals surface area contributed by atoms with Crippen LogP contribution in [0.2, 0.25) is 0 Å². The van der Waals surface area contributed by atoms with Crippen LogP contribution in [-0.4, -0.2) is 33.0 Å². The van der Waals surface area contributed by atoms with Crippen LogP contribution in [0, 0.1) is 5.92 Å². The molecule has 0 spiro atoms. The van der Waals surface area contributed by atoms with Crippen LogP contribution in [0.1, 0.15) is 65.0 Å². The van der Waals surface area contributed by atoms with Crippen LogP contribution in [0.15, 0.2) is 53.7 Å². The highest BCUT2D eigenvalue weighted by atomic mass is 32.2. The smallest absolute Gasteiger partial charge is 0.387 e. The number of nitrogens with one attached hydrogen (secondary N) is 1. The van der Waals surface area contributed by atoms with Crippen molar-refractivity contribution in [2.24, 2.45) is 5.92 Å². The largest absolute Gasteiger partial charge is 0.435 e. The first-order chi connectivity index (χ1) is 17.6. The van der Waals surface area contributed by atoms with Gasteiger partial charge in [0.2, 0.25) is 5.91 Å². The van der Waals surface area contributed by atoms with E-state index in [2.05, 4.69) is 76.8 Å². The first kappa shape index (κ1) is 27.1. The van der Waals surface area contributed by atoms with E-state index in [0.29, 0.717) is 11.6 Å². The monoisotopic (exact) mass is 528 g/mol. The molecule has 1 N–H and O–H groups in total. The molecule has 0 radical (unpaired) electrons. The molecule has 3 aromatic rings. The maximum atomic E-state index is 12.7. The molecule has 0 unspecified atom stereocenters. The van der Waals surface area contributed by atoms with Crippen molar-refractivity contribution >= 4 is 23.4 Å². The van der Waals surface area contributed by atoms with Gasteiger partial charge in [0.15, 0.2) is 11.0 Å². The van der Waals surface area contributed by atoms with Crippen LogP contribution in [0.4, 0.5) is 14.5 Å². The van der Waals surface area contributed by atoms with Gasteiger partial charge in [0.25, 0.3) is 0 Å². The molecule has 2 atom stereocenters. The molecule has 1 aliphatic carbocycles. The number of halogens is 2. The summed E-state index contributed by atoms with van der Waals surface area (Å²) in [4.78, 5) is 12.7. The molecule has 198 valence electrons. The van der Waals surface area contributed by atoms with Crippen LogP contribution in [0.5, 0.6) is 5.75 Å². The number of alkyl halides is 2. The summed E-state index contributed by atoms with van der Waals surface area (Å²) in [5, 5.41) is 12.6. The lowest BCUT2D eigenvalue weighted by Crippen LogP contribution is -2.23. The molecule has 1 aliphatic rings. The maximum absolute atomic E-state index is 12.7. The predicted octanol–water partition coefficient (Wildman–Crippen LogP) is 7.33. The van der Waals surface area contributed by atoms with Crippen molar-refractivity contribution in [2.75, 3.05) is 11.1 Å². The van der Waals surface area contributed by atoms with Gasteiger partial charge >= 0.3 is 6.61 Å². The Morgan fingerprint density at radius 1 is 1.08 bits per heavy atom. The van der Waals surface area contributed by atoms with Gasteiger partial charge in [0, 0.05) is 17.3 Å². The fourth-order valence-electron chi connectivity index (χ4n) is 4.72. The summed E-state index contributed by atoms with van der Waals surface area (Å²) >= 11 is 1.36. The third-order valence-electron chi connectivity index (χ3n) is 6.77. The van der Waals surface area contributed by atoms with Crippen LogP contribution in [0.3, 0.4) is 0 Å². The number of hydrogen-bond donors (Lipinski definition) is 1. The number of anilines is 1. The number of carbonyl (C=O) groups excluding carboxylic acids is 1. The van der Waals surface area contributed by atoms with Crippen LogP contribution in [0.25, 0.3) is 11.4 Å². The van der Waals surface area contributed by atoms with Crippen LogP contribution < -0.4 is 10.1 Å². The Balaban J connectivity index is 1.51. The number of hydrogen-bond acceptors (Lipinski definition) is 5. The first-order valence-corrected chi connectivity index (χ1v) is 13.6. The Bertz CT molecular complexity index is 1190. The summed E-state index contributed by atoms with van der Waals surface area (Å²) in [5.41, 5.74) is 2.85. The van der Waals surface area contributed by atoms with Crippen molar-refractivity contribution in [2.45, 2.75) is 76.6 Å². The topological polar surface area (TPSA) is 69.0 Å². The molecule has 1 fully saturated rings. The highest BCUT2D eigenvalue weighted by molar-refractivity contribution is 7.99. The molecule has 9 heteroatoms. The summed E-state index contributed by atoms with van der Waals surface area (Å²) in [5.74, 6) is 1.29. The number of thioether (sulfide) groups is 1. The van der Waals surface area contributed by atoms with Crippen molar-refractivity contribution in [1.82, 2.24) is 14.8 Å². The van der Waals surface area contributed by atoms with Gasteiger partial charge in [-0.05, 0) is 54.0 Å². The normalized spacial score (nSPS) is 18.1. The highest BCUT2D eigenvalue weighted by Gasteiger charge is 2.29. The van der Waals surface area contributed by atoms with E-state index >= 15 is 0 Å². The second-order valence-electron chi connectivity index (χ2n) is 10.6. The van der Waals surface area contributed by atoms with Crippen molar-refractivity contribution in [3.63, 3.8) is 0 Å².